The van der Waals surface area contributed by atoms with Crippen molar-refractivity contribution in [1.82, 2.24) is 4.90 Å². The highest BCUT2D eigenvalue weighted by Crippen LogP contribution is 2.51. The molecule has 2 saturated heterocycles. The first-order valence-electron chi connectivity index (χ1n) is 13.4. The highest BCUT2D eigenvalue weighted by Gasteiger charge is 2.57. The lowest BCUT2D eigenvalue weighted by Gasteiger charge is -2.43. The number of phenolic OH excluding ortho intramolecular Hbond substituents is 1. The smallest absolute Gasteiger partial charge is 0.455 e. The molecule has 5 rings (SSSR count). The van der Waals surface area contributed by atoms with Crippen molar-refractivity contribution in [2.75, 3.05) is 20.8 Å². The molecule has 2 aliphatic heterocycles. The number of allylic oxidation sites excluding steroid dienone is 1. The second-order valence-electron chi connectivity index (χ2n) is 10.7. The Labute approximate surface area is 252 Å². The maximum absolute atomic E-state index is 13.7. The minimum Gasteiger partial charge on any atom is -0.504 e. The Bertz CT molecular complexity index is 1340. The number of nitrogens with zero attached hydrogens (tertiary/aromatic N) is 1. The van der Waals surface area contributed by atoms with Gasteiger partial charge in [-0.15, -0.1) is 11.3 Å². The SMILES string of the molecule is COCC1=C2[C@@H](CC/C(C)=C/c3cc(I)c(O)c(OC)c3)OB(O)C[C@@H]2[C@@H]2C(=O)N(Cc3cccs3)C(=O)[C@@H]2C1. The summed E-state index contributed by atoms with van der Waals surface area (Å²) in [6.45, 7) is 2.68. The zero-order chi connectivity index (χ0) is 28.6. The second-order valence-corrected chi connectivity index (χ2v) is 12.9. The highest BCUT2D eigenvalue weighted by atomic mass is 127. The Morgan fingerprint density at radius 3 is 2.77 bits per heavy atom. The Kier molecular flexibility index (Phi) is 9.06. The number of benzene rings is 1. The topological polar surface area (TPSA) is 106 Å². The molecule has 1 aliphatic carbocycles. The van der Waals surface area contributed by atoms with E-state index >= 15 is 0 Å². The average molecular weight is 677 g/mol. The van der Waals surface area contributed by atoms with E-state index in [1.165, 1.54) is 23.3 Å². The molecule has 11 heteroatoms. The van der Waals surface area contributed by atoms with E-state index in [1.807, 2.05) is 36.6 Å². The number of carbonyl (C=O) groups excluding carboxylic acids is 2. The Hall–Kier alpha value is -2.19. The molecule has 3 aliphatic rings. The molecule has 2 aromatic rings. The van der Waals surface area contributed by atoms with Crippen LogP contribution in [0.4, 0.5) is 0 Å². The van der Waals surface area contributed by atoms with Gasteiger partial charge in [0, 0.05) is 12.0 Å². The minimum atomic E-state index is -1.01. The van der Waals surface area contributed by atoms with Crippen molar-refractivity contribution < 1.29 is 33.8 Å². The number of ether oxygens (including phenoxy) is 2. The number of carbonyl (C=O) groups is 2. The minimum absolute atomic E-state index is 0.121. The van der Waals surface area contributed by atoms with Crippen LogP contribution in [-0.4, -0.2) is 60.9 Å². The predicted octanol–water partition coefficient (Wildman–Crippen LogP) is 4.89. The van der Waals surface area contributed by atoms with Crippen molar-refractivity contribution in [3.63, 3.8) is 0 Å². The van der Waals surface area contributed by atoms with Gasteiger partial charge in [-0.1, -0.05) is 17.7 Å². The molecule has 2 N–H and O–H groups in total. The van der Waals surface area contributed by atoms with Crippen molar-refractivity contribution in [3.05, 3.63) is 60.4 Å². The van der Waals surface area contributed by atoms with Crippen LogP contribution < -0.4 is 4.74 Å². The van der Waals surface area contributed by atoms with Gasteiger partial charge in [-0.2, -0.15) is 0 Å². The van der Waals surface area contributed by atoms with Gasteiger partial charge in [0.2, 0.25) is 11.8 Å². The van der Waals surface area contributed by atoms with Gasteiger partial charge in [-0.05, 0) is 101 Å². The van der Waals surface area contributed by atoms with E-state index in [1.54, 1.807) is 13.2 Å². The van der Waals surface area contributed by atoms with Gasteiger partial charge in [0.05, 0.1) is 41.8 Å². The lowest BCUT2D eigenvalue weighted by atomic mass is 9.58. The first-order chi connectivity index (χ1) is 19.2. The van der Waals surface area contributed by atoms with Crippen LogP contribution in [0.5, 0.6) is 11.5 Å². The fourth-order valence-electron chi connectivity index (χ4n) is 6.40. The molecule has 2 fully saturated rings. The zero-order valence-corrected chi connectivity index (χ0v) is 25.7. The molecule has 0 spiro atoms. The van der Waals surface area contributed by atoms with Crippen LogP contribution in [-0.2, 0) is 25.5 Å². The van der Waals surface area contributed by atoms with Crippen LogP contribution in [0.2, 0.25) is 6.32 Å². The number of fused-ring (bicyclic) bond motifs is 3. The van der Waals surface area contributed by atoms with Gasteiger partial charge < -0.3 is 24.3 Å². The van der Waals surface area contributed by atoms with Crippen molar-refractivity contribution >= 4 is 58.9 Å². The van der Waals surface area contributed by atoms with E-state index in [0.717, 1.165) is 27.2 Å². The largest absolute Gasteiger partial charge is 0.504 e. The third kappa shape index (κ3) is 5.76. The average Bonchev–Trinajstić information content (AvgIpc) is 3.52. The van der Waals surface area contributed by atoms with Crippen LogP contribution in [0.1, 0.15) is 36.6 Å². The summed E-state index contributed by atoms with van der Waals surface area (Å²) in [5, 5.41) is 22.9. The summed E-state index contributed by atoms with van der Waals surface area (Å²) in [6, 6.07) is 7.54. The van der Waals surface area contributed by atoms with Gasteiger partial charge in [-0.3, -0.25) is 14.5 Å². The number of thiophene rings is 1. The maximum atomic E-state index is 13.7. The summed E-state index contributed by atoms with van der Waals surface area (Å²) in [6.07, 6.45) is 3.72. The lowest BCUT2D eigenvalue weighted by molar-refractivity contribution is -0.140. The number of phenols is 1. The third-order valence-electron chi connectivity index (χ3n) is 8.10. The molecule has 3 heterocycles. The van der Waals surface area contributed by atoms with E-state index in [0.29, 0.717) is 35.2 Å². The standard InChI is InChI=1S/C29H33BINO7S/c1-16(9-17-10-22(31)27(33)24(11-17)38-3)6-7-23-25-18(15-37-2)12-20-26(21(25)13-30(36)39-23)29(35)32(28(20)34)14-19-5-4-8-40-19/h4-5,8-11,20-21,23,26,33,36H,6-7,12-15H2,1-3H3/b16-9+/t20-,21+,23-,26-/m1/s1. The molecule has 0 unspecified atom stereocenters. The number of amides is 2. The van der Waals surface area contributed by atoms with Crippen molar-refractivity contribution in [1.29, 1.82) is 0 Å². The van der Waals surface area contributed by atoms with E-state index in [4.69, 9.17) is 14.1 Å². The molecule has 0 bridgehead atoms. The van der Waals surface area contributed by atoms with E-state index in [-0.39, 0.29) is 42.5 Å². The molecular weight excluding hydrogens is 644 g/mol. The van der Waals surface area contributed by atoms with Gasteiger partial charge >= 0.3 is 7.12 Å². The fraction of sp³-hybridized carbons (Fsp3) is 0.448. The summed E-state index contributed by atoms with van der Waals surface area (Å²) >= 11 is 3.61. The fourth-order valence-corrected chi connectivity index (χ4v) is 7.72. The predicted molar refractivity (Wildman–Crippen MR) is 162 cm³/mol. The van der Waals surface area contributed by atoms with Gasteiger partial charge in [-0.25, -0.2) is 0 Å². The number of methoxy groups -OCH3 is 2. The number of likely N-dealkylation sites (tertiary alicyclic amines) is 1. The zero-order valence-electron chi connectivity index (χ0n) is 22.8. The van der Waals surface area contributed by atoms with Crippen LogP contribution in [0.25, 0.3) is 6.08 Å². The first kappa shape index (κ1) is 29.3. The molecule has 212 valence electrons. The molecule has 1 aromatic carbocycles. The number of aromatic hydroxyl groups is 1. The second kappa shape index (κ2) is 12.4. The molecular formula is C29H33BINO7S. The molecule has 0 saturated carbocycles. The van der Waals surface area contributed by atoms with Crippen molar-refractivity contribution in [2.45, 2.75) is 45.2 Å². The molecule has 2 amide bonds. The van der Waals surface area contributed by atoms with E-state index in [2.05, 4.69) is 22.6 Å². The van der Waals surface area contributed by atoms with Crippen LogP contribution >= 0.6 is 33.9 Å². The molecule has 4 atom stereocenters. The van der Waals surface area contributed by atoms with Crippen molar-refractivity contribution in [3.8, 4) is 11.5 Å². The summed E-state index contributed by atoms with van der Waals surface area (Å²) in [5.74, 6) is -0.945. The number of imide groups is 1. The Morgan fingerprint density at radius 1 is 1.27 bits per heavy atom. The van der Waals surface area contributed by atoms with E-state index in [9.17, 15) is 19.7 Å². The lowest BCUT2D eigenvalue weighted by Crippen LogP contribution is -2.46. The monoisotopic (exact) mass is 677 g/mol. The van der Waals surface area contributed by atoms with Crippen molar-refractivity contribution in [2.24, 2.45) is 17.8 Å². The molecule has 8 nitrogen and oxygen atoms in total. The quantitative estimate of drug-likeness (QED) is 0.169. The molecule has 40 heavy (non-hydrogen) atoms. The van der Waals surface area contributed by atoms with E-state index < -0.39 is 19.0 Å². The van der Waals surface area contributed by atoms with Crippen LogP contribution in [0.15, 0.2) is 46.4 Å². The summed E-state index contributed by atoms with van der Waals surface area (Å²) in [4.78, 5) is 29.5. The summed E-state index contributed by atoms with van der Waals surface area (Å²) in [7, 11) is 2.15. The summed E-state index contributed by atoms with van der Waals surface area (Å²) in [5.41, 5.74) is 4.03. The summed E-state index contributed by atoms with van der Waals surface area (Å²) < 4.78 is 17.6. The molecule has 0 radical (unpaired) electrons. The normalized spacial score (nSPS) is 25.0. The number of rotatable bonds is 9. The maximum Gasteiger partial charge on any atom is 0.455 e. The van der Waals surface area contributed by atoms with Gasteiger partial charge in [0.15, 0.2) is 11.5 Å². The van der Waals surface area contributed by atoms with Gasteiger partial charge in [0.1, 0.15) is 0 Å². The Morgan fingerprint density at radius 2 is 2.08 bits per heavy atom. The number of hydrogen-bond acceptors (Lipinski definition) is 8. The first-order valence-corrected chi connectivity index (χ1v) is 15.3. The highest BCUT2D eigenvalue weighted by molar-refractivity contribution is 14.1. The number of halogens is 1. The van der Waals surface area contributed by atoms with Crippen LogP contribution in [0, 0.1) is 21.3 Å². The number of hydrogen-bond donors (Lipinski definition) is 2. The Balaban J connectivity index is 1.39. The third-order valence-corrected chi connectivity index (χ3v) is 9.78. The van der Waals surface area contributed by atoms with Gasteiger partial charge in [0.25, 0.3) is 0 Å². The molecule has 1 aromatic heterocycles. The van der Waals surface area contributed by atoms with Crippen LogP contribution in [0.3, 0.4) is 0 Å².